The summed E-state index contributed by atoms with van der Waals surface area (Å²) in [7, 11) is 0. The molecule has 1 unspecified atom stereocenters. The number of unbranched alkanes of at least 4 members (excludes halogenated alkanes) is 16. The van der Waals surface area contributed by atoms with Gasteiger partial charge in [-0.05, 0) is 109 Å². The Morgan fingerprint density at radius 2 is 0.672 bits per heavy atom. The highest BCUT2D eigenvalue weighted by molar-refractivity contribution is 5.71. The molecule has 0 heterocycles. The van der Waals surface area contributed by atoms with E-state index in [1.54, 1.807) is 0 Å². The molecule has 0 radical (unpaired) electrons. The number of hydrogen-bond acceptors (Lipinski definition) is 6. The maximum Gasteiger partial charge on any atom is 0.306 e. The van der Waals surface area contributed by atoms with E-state index in [9.17, 15) is 14.4 Å². The van der Waals surface area contributed by atoms with Gasteiger partial charge in [0, 0.05) is 19.3 Å². The summed E-state index contributed by atoms with van der Waals surface area (Å²) in [4.78, 5) is 37.9. The Kier molecular flexibility index (Phi) is 48.5. The van der Waals surface area contributed by atoms with Crippen molar-refractivity contribution in [3.05, 3.63) is 109 Å². The van der Waals surface area contributed by atoms with Gasteiger partial charge in [0.05, 0.1) is 0 Å². The van der Waals surface area contributed by atoms with Crippen molar-refractivity contribution in [3.63, 3.8) is 0 Å². The number of carbonyl (C=O) groups is 3. The first-order chi connectivity index (χ1) is 31.5. The van der Waals surface area contributed by atoms with Crippen LogP contribution >= 0.6 is 0 Å². The standard InChI is InChI=1S/C58H94O6/c1-4-7-10-13-16-19-22-25-27-28-29-30-31-34-36-39-42-45-48-51-57(60)63-54-55(53-62-56(59)50-47-44-41-38-35-32-24-21-18-15-12-9-6-3)64-58(61)52-49-46-43-40-37-33-26-23-20-17-14-11-8-5-2/h7,10,12,15-16,19,21,23-27,29-30,34,36,42,45,55H,4-6,8-9,11,13-14,17-18,20,22,28,31-33,35,37-41,43-44,46-54H2,1-3H3/b10-7-,15-12-,19-16-,24-21-,26-23-,27-25-,30-29-,36-34-,45-42-. The molecule has 6 nitrogen and oxygen atoms in total. The lowest BCUT2D eigenvalue weighted by molar-refractivity contribution is -0.166. The Balaban J connectivity index is 4.54. The van der Waals surface area contributed by atoms with Crippen LogP contribution in [0.25, 0.3) is 0 Å². The van der Waals surface area contributed by atoms with Gasteiger partial charge in [0.15, 0.2) is 6.10 Å². The van der Waals surface area contributed by atoms with Crippen LogP contribution in [0.15, 0.2) is 109 Å². The monoisotopic (exact) mass is 887 g/mol. The molecule has 0 rings (SSSR count). The van der Waals surface area contributed by atoms with Crippen molar-refractivity contribution < 1.29 is 28.6 Å². The molecule has 0 spiro atoms. The zero-order valence-corrected chi connectivity index (χ0v) is 41.3. The molecule has 0 aromatic carbocycles. The SMILES string of the molecule is CC/C=C\C/C=C\C/C=C\C/C=C\C/C=C\C/C=C\CCC(=O)OCC(COC(=O)CCCCCCC/C=C\C/C=C\CCC)OC(=O)CCCCCCC/C=C\CCCCCCC. The summed E-state index contributed by atoms with van der Waals surface area (Å²) >= 11 is 0. The van der Waals surface area contributed by atoms with E-state index in [0.29, 0.717) is 19.3 Å². The predicted molar refractivity (Wildman–Crippen MR) is 274 cm³/mol. The van der Waals surface area contributed by atoms with E-state index < -0.39 is 6.10 Å². The fourth-order valence-corrected chi connectivity index (χ4v) is 6.62. The van der Waals surface area contributed by atoms with Crippen LogP contribution in [0.2, 0.25) is 0 Å². The van der Waals surface area contributed by atoms with Gasteiger partial charge >= 0.3 is 17.9 Å². The third kappa shape index (κ3) is 49.1. The Hall–Kier alpha value is -3.93. The topological polar surface area (TPSA) is 78.9 Å². The van der Waals surface area contributed by atoms with Crippen LogP contribution in [0, 0.1) is 0 Å². The first-order valence-corrected chi connectivity index (χ1v) is 25.9. The van der Waals surface area contributed by atoms with Crippen LogP contribution in [0.5, 0.6) is 0 Å². The minimum atomic E-state index is -0.820. The Bertz CT molecular complexity index is 1340. The molecule has 1 atom stereocenters. The fraction of sp³-hybridized carbons (Fsp3) is 0.638. The van der Waals surface area contributed by atoms with E-state index in [2.05, 4.69) is 118 Å². The molecule has 0 aliphatic rings. The van der Waals surface area contributed by atoms with E-state index in [-0.39, 0.29) is 37.5 Å². The van der Waals surface area contributed by atoms with Crippen molar-refractivity contribution in [2.75, 3.05) is 13.2 Å². The molecule has 64 heavy (non-hydrogen) atoms. The number of esters is 3. The summed E-state index contributed by atoms with van der Waals surface area (Å²) in [6.07, 6.45) is 69.4. The normalized spacial score (nSPS) is 13.0. The highest BCUT2D eigenvalue weighted by atomic mass is 16.6. The van der Waals surface area contributed by atoms with E-state index in [1.165, 1.54) is 51.4 Å². The molecule has 0 fully saturated rings. The van der Waals surface area contributed by atoms with Gasteiger partial charge in [0.25, 0.3) is 0 Å². The summed E-state index contributed by atoms with van der Waals surface area (Å²) in [5.41, 5.74) is 0. The molecular formula is C58H94O6. The second kappa shape index (κ2) is 51.7. The van der Waals surface area contributed by atoms with Crippen molar-refractivity contribution >= 4 is 17.9 Å². The predicted octanol–water partition coefficient (Wildman–Crippen LogP) is 17.1. The largest absolute Gasteiger partial charge is 0.462 e. The second-order valence-electron chi connectivity index (χ2n) is 16.7. The number of hydrogen-bond donors (Lipinski definition) is 0. The summed E-state index contributed by atoms with van der Waals surface area (Å²) in [5.74, 6) is -1.03. The van der Waals surface area contributed by atoms with Gasteiger partial charge in [-0.15, -0.1) is 0 Å². The number of allylic oxidation sites excluding steroid dienone is 18. The van der Waals surface area contributed by atoms with Gasteiger partial charge in [0.2, 0.25) is 0 Å². The minimum Gasteiger partial charge on any atom is -0.462 e. The number of rotatable bonds is 45. The Labute approximate surface area is 393 Å². The average Bonchev–Trinajstić information content (AvgIpc) is 3.29. The van der Waals surface area contributed by atoms with Crippen molar-refractivity contribution in [3.8, 4) is 0 Å². The summed E-state index contributed by atoms with van der Waals surface area (Å²) < 4.78 is 16.7. The van der Waals surface area contributed by atoms with E-state index in [1.807, 2.05) is 12.2 Å². The summed E-state index contributed by atoms with van der Waals surface area (Å²) in [5, 5.41) is 0. The number of carbonyl (C=O) groups excluding carboxylic acids is 3. The van der Waals surface area contributed by atoms with Crippen molar-refractivity contribution in [2.24, 2.45) is 0 Å². The molecular weight excluding hydrogens is 793 g/mol. The van der Waals surface area contributed by atoms with Crippen LogP contribution < -0.4 is 0 Å². The van der Waals surface area contributed by atoms with Crippen molar-refractivity contribution in [1.29, 1.82) is 0 Å². The third-order valence-corrected chi connectivity index (χ3v) is 10.5. The fourth-order valence-electron chi connectivity index (χ4n) is 6.62. The molecule has 0 aliphatic carbocycles. The lowest BCUT2D eigenvalue weighted by Crippen LogP contribution is -2.30. The molecule has 0 saturated heterocycles. The molecule has 0 saturated carbocycles. The van der Waals surface area contributed by atoms with E-state index in [4.69, 9.17) is 14.2 Å². The molecule has 6 heteroatoms. The first kappa shape index (κ1) is 60.1. The summed E-state index contributed by atoms with van der Waals surface area (Å²) in [6.45, 7) is 6.35. The molecule has 0 amide bonds. The second-order valence-corrected chi connectivity index (χ2v) is 16.7. The van der Waals surface area contributed by atoms with Gasteiger partial charge < -0.3 is 14.2 Å². The van der Waals surface area contributed by atoms with E-state index in [0.717, 1.165) is 122 Å². The molecule has 362 valence electrons. The smallest absolute Gasteiger partial charge is 0.306 e. The molecule has 0 aromatic rings. The van der Waals surface area contributed by atoms with Gasteiger partial charge in [-0.3, -0.25) is 14.4 Å². The van der Waals surface area contributed by atoms with Gasteiger partial charge in [-0.2, -0.15) is 0 Å². The Morgan fingerprint density at radius 3 is 1.12 bits per heavy atom. The first-order valence-electron chi connectivity index (χ1n) is 25.9. The zero-order valence-electron chi connectivity index (χ0n) is 41.3. The highest BCUT2D eigenvalue weighted by Gasteiger charge is 2.19. The minimum absolute atomic E-state index is 0.114. The third-order valence-electron chi connectivity index (χ3n) is 10.5. The highest BCUT2D eigenvalue weighted by Crippen LogP contribution is 2.13. The quantitative estimate of drug-likeness (QED) is 0.0262. The molecule has 0 bridgehead atoms. The van der Waals surface area contributed by atoms with E-state index >= 15 is 0 Å². The van der Waals surface area contributed by atoms with Gasteiger partial charge in [-0.1, -0.05) is 201 Å². The molecule has 0 aliphatic heterocycles. The van der Waals surface area contributed by atoms with Crippen LogP contribution in [-0.4, -0.2) is 37.2 Å². The maximum absolute atomic E-state index is 12.8. The van der Waals surface area contributed by atoms with Crippen molar-refractivity contribution in [1.82, 2.24) is 0 Å². The number of ether oxygens (including phenoxy) is 3. The van der Waals surface area contributed by atoms with Crippen LogP contribution in [0.1, 0.15) is 220 Å². The van der Waals surface area contributed by atoms with Gasteiger partial charge in [0.1, 0.15) is 13.2 Å². The van der Waals surface area contributed by atoms with Gasteiger partial charge in [-0.25, -0.2) is 0 Å². The summed E-state index contributed by atoms with van der Waals surface area (Å²) in [6, 6.07) is 0. The Morgan fingerprint density at radius 1 is 0.328 bits per heavy atom. The molecule has 0 N–H and O–H groups in total. The molecule has 0 aromatic heterocycles. The average molecular weight is 887 g/mol. The lowest BCUT2D eigenvalue weighted by atomic mass is 10.1. The van der Waals surface area contributed by atoms with Crippen LogP contribution in [0.4, 0.5) is 0 Å². The van der Waals surface area contributed by atoms with Crippen molar-refractivity contribution in [2.45, 2.75) is 226 Å². The van der Waals surface area contributed by atoms with Crippen LogP contribution in [-0.2, 0) is 28.6 Å². The maximum atomic E-state index is 12.8. The van der Waals surface area contributed by atoms with Crippen LogP contribution in [0.3, 0.4) is 0 Å². The zero-order chi connectivity index (χ0) is 46.5. The lowest BCUT2D eigenvalue weighted by Gasteiger charge is -2.18.